The number of nitrogens with zero attached hydrogens (tertiary/aromatic N) is 3. The Bertz CT molecular complexity index is 1820. The van der Waals surface area contributed by atoms with Gasteiger partial charge >= 0.3 is 10.2 Å². The summed E-state index contributed by atoms with van der Waals surface area (Å²) in [6.07, 6.45) is 10.7. The molecule has 11 nitrogen and oxygen atoms in total. The summed E-state index contributed by atoms with van der Waals surface area (Å²) in [7, 11) is 0.0604. The first kappa shape index (κ1) is 36.2. The normalized spacial score (nSPS) is 30.9. The fourth-order valence-electron chi connectivity index (χ4n) is 9.01. The maximum absolute atomic E-state index is 14.1. The van der Waals surface area contributed by atoms with Crippen LogP contribution in [0.15, 0.2) is 48.6 Å². The van der Waals surface area contributed by atoms with Gasteiger partial charge in [-0.05, 0) is 104 Å². The number of ether oxygens (including phenoxy) is 2. The quantitative estimate of drug-likeness (QED) is 0.445. The molecule has 2 N–H and O–H groups in total. The Morgan fingerprint density at radius 1 is 1.14 bits per heavy atom. The smallest absolute Gasteiger partial charge is 0.303 e. The van der Waals surface area contributed by atoms with Gasteiger partial charge in [-0.2, -0.15) is 12.7 Å². The molecule has 2 bridgehead atoms. The number of amides is 2. The third kappa shape index (κ3) is 6.78. The highest BCUT2D eigenvalue weighted by atomic mass is 35.5. The first-order chi connectivity index (χ1) is 24.3. The largest absolute Gasteiger partial charge is 0.490 e. The molecule has 2 fully saturated rings. The fraction of sp³-hybridized carbons (Fsp3) is 0.579. The molecule has 51 heavy (non-hydrogen) atoms. The molecule has 13 heteroatoms. The van der Waals surface area contributed by atoms with Crippen LogP contribution in [0.3, 0.4) is 0 Å². The molecular formula is C38H49ClN4O7S. The second kappa shape index (κ2) is 14.0. The number of fused-ring (bicyclic) bond motifs is 5. The average Bonchev–Trinajstić information content (AvgIpc) is 3.50. The molecule has 0 unspecified atom stereocenters. The summed E-state index contributed by atoms with van der Waals surface area (Å²) in [6, 6.07) is 11.1. The molecule has 5 aliphatic rings. The predicted octanol–water partition coefficient (Wildman–Crippen LogP) is 4.31. The molecule has 3 aliphatic heterocycles. The number of aliphatic hydroxyl groups is 1. The topological polar surface area (TPSA) is 129 Å². The van der Waals surface area contributed by atoms with Crippen molar-refractivity contribution in [3.63, 3.8) is 0 Å². The number of carbonyl (C=O) groups is 2. The van der Waals surface area contributed by atoms with Gasteiger partial charge in [0.25, 0.3) is 5.91 Å². The molecule has 0 aromatic heterocycles. The van der Waals surface area contributed by atoms with Gasteiger partial charge in [-0.25, -0.2) is 4.72 Å². The molecule has 2 amide bonds. The van der Waals surface area contributed by atoms with Gasteiger partial charge in [0.1, 0.15) is 5.75 Å². The van der Waals surface area contributed by atoms with Crippen LogP contribution >= 0.6 is 11.6 Å². The van der Waals surface area contributed by atoms with Gasteiger partial charge in [0.15, 0.2) is 5.60 Å². The molecule has 276 valence electrons. The Balaban J connectivity index is 1.36. The lowest BCUT2D eigenvalue weighted by atomic mass is 9.68. The average molecular weight is 741 g/mol. The first-order valence-electron chi connectivity index (χ1n) is 18.1. The fourth-order valence-corrected chi connectivity index (χ4v) is 9.79. The number of methoxy groups -OCH3 is 1. The molecule has 0 radical (unpaired) electrons. The Morgan fingerprint density at radius 3 is 2.71 bits per heavy atom. The summed E-state index contributed by atoms with van der Waals surface area (Å²) >= 11 is 6.46. The molecule has 6 atom stereocenters. The van der Waals surface area contributed by atoms with E-state index < -0.39 is 34.0 Å². The van der Waals surface area contributed by atoms with Gasteiger partial charge in [0.2, 0.25) is 5.91 Å². The number of halogens is 1. The van der Waals surface area contributed by atoms with E-state index in [1.165, 1.54) is 25.2 Å². The van der Waals surface area contributed by atoms with Crippen molar-refractivity contribution in [2.24, 2.45) is 11.8 Å². The minimum atomic E-state index is -4.28. The van der Waals surface area contributed by atoms with E-state index in [0.717, 1.165) is 49.3 Å². The van der Waals surface area contributed by atoms with Crippen LogP contribution < -0.4 is 14.4 Å². The maximum atomic E-state index is 14.1. The number of nitrogens with one attached hydrogen (secondary N) is 1. The van der Waals surface area contributed by atoms with Crippen LogP contribution in [0.2, 0.25) is 5.02 Å². The number of hydrogen-bond acceptors (Lipinski definition) is 8. The van der Waals surface area contributed by atoms with Gasteiger partial charge in [0, 0.05) is 57.3 Å². The lowest BCUT2D eigenvalue weighted by Gasteiger charge is -2.46. The van der Waals surface area contributed by atoms with Gasteiger partial charge in [-0.15, -0.1) is 0 Å². The van der Waals surface area contributed by atoms with Crippen LogP contribution in [0.25, 0.3) is 0 Å². The zero-order valence-corrected chi connectivity index (χ0v) is 31.2. The lowest BCUT2D eigenvalue weighted by Crippen LogP contribution is -2.52. The van der Waals surface area contributed by atoms with Crippen molar-refractivity contribution in [2.75, 3.05) is 52.3 Å². The van der Waals surface area contributed by atoms with Crippen LogP contribution in [0.5, 0.6) is 5.75 Å². The third-order valence-electron chi connectivity index (χ3n) is 12.1. The molecule has 2 aliphatic carbocycles. The molecule has 2 aromatic carbocycles. The van der Waals surface area contributed by atoms with Gasteiger partial charge in [-0.1, -0.05) is 35.9 Å². The molecule has 7 rings (SSSR count). The van der Waals surface area contributed by atoms with Crippen molar-refractivity contribution in [3.8, 4) is 5.75 Å². The predicted molar refractivity (Wildman–Crippen MR) is 195 cm³/mol. The number of hydrogen-bond donors (Lipinski definition) is 2. The second-order valence-corrected chi connectivity index (χ2v) is 17.6. The molecule has 1 saturated carbocycles. The van der Waals surface area contributed by atoms with E-state index >= 15 is 0 Å². The van der Waals surface area contributed by atoms with Crippen molar-refractivity contribution >= 4 is 39.3 Å². The van der Waals surface area contributed by atoms with Crippen molar-refractivity contribution in [1.29, 1.82) is 0 Å². The maximum Gasteiger partial charge on any atom is 0.303 e. The lowest BCUT2D eigenvalue weighted by molar-refractivity contribution is -0.149. The number of rotatable bonds is 4. The van der Waals surface area contributed by atoms with E-state index in [0.29, 0.717) is 61.0 Å². The minimum absolute atomic E-state index is 0.0600. The van der Waals surface area contributed by atoms with Crippen molar-refractivity contribution in [1.82, 2.24) is 13.9 Å². The standard InChI is InChI=1S/C38H49ClN4O7S/c1-41(2)51(47,48)40-36(45)38(46)21-35(44)43-18-6-9-29(43)8-4-10-33(49-3)30-14-11-26(30)22-42-23-37(24-50-34-16-12-27(38)20-32(34)42)17-5-7-25-19-28(39)13-15-31(25)37/h4,10,12-13,15-16,19-20,26,29-30,33,46H,5-9,11,14,17-18,21-24H2,1-3H3,(H,40,45)/t26-,29+,30+,33-,37-,38+/m0/s1. The van der Waals surface area contributed by atoms with Crippen molar-refractivity contribution < 1.29 is 32.6 Å². The molecule has 2 aromatic rings. The minimum Gasteiger partial charge on any atom is -0.490 e. The molecule has 1 spiro atoms. The number of benzene rings is 2. The highest BCUT2D eigenvalue weighted by Crippen LogP contribution is 2.48. The molecule has 3 heterocycles. The number of aryl methyl sites for hydroxylation is 1. The van der Waals surface area contributed by atoms with Crippen LogP contribution in [-0.4, -0.2) is 94.1 Å². The summed E-state index contributed by atoms with van der Waals surface area (Å²) in [5.74, 6) is -0.391. The van der Waals surface area contributed by atoms with Crippen molar-refractivity contribution in [3.05, 3.63) is 70.3 Å². The third-order valence-corrected chi connectivity index (χ3v) is 13.7. The summed E-state index contributed by atoms with van der Waals surface area (Å²) in [5.41, 5.74) is 0.434. The van der Waals surface area contributed by atoms with E-state index in [9.17, 15) is 23.1 Å². The molecule has 1 saturated heterocycles. The summed E-state index contributed by atoms with van der Waals surface area (Å²) in [5, 5.41) is 13.1. The monoisotopic (exact) mass is 740 g/mol. The zero-order chi connectivity index (χ0) is 36.1. The van der Waals surface area contributed by atoms with Gasteiger partial charge < -0.3 is 24.4 Å². The summed E-state index contributed by atoms with van der Waals surface area (Å²) in [6.45, 7) is 2.24. The Morgan fingerprint density at radius 2 is 1.96 bits per heavy atom. The first-order valence-corrected chi connectivity index (χ1v) is 19.9. The Hall–Kier alpha value is -3.16. The van der Waals surface area contributed by atoms with Crippen LogP contribution in [0.1, 0.15) is 68.1 Å². The van der Waals surface area contributed by atoms with E-state index in [1.807, 2.05) is 10.8 Å². The van der Waals surface area contributed by atoms with E-state index in [2.05, 4.69) is 29.2 Å². The van der Waals surface area contributed by atoms with Crippen LogP contribution in [0, 0.1) is 11.8 Å². The number of anilines is 1. The highest BCUT2D eigenvalue weighted by Gasteiger charge is 2.48. The van der Waals surface area contributed by atoms with E-state index in [4.69, 9.17) is 21.1 Å². The van der Waals surface area contributed by atoms with Crippen LogP contribution in [0.4, 0.5) is 5.69 Å². The summed E-state index contributed by atoms with van der Waals surface area (Å²) < 4.78 is 41.4. The molecular weight excluding hydrogens is 692 g/mol. The Kier molecular flexibility index (Phi) is 9.94. The Labute approximate surface area is 306 Å². The highest BCUT2D eigenvalue weighted by molar-refractivity contribution is 7.87. The SMILES string of the molecule is CO[C@H]1C=CC[C@@H]2CCCN2C(=O)C[C@](O)(C(=O)NS(=O)(=O)N(C)C)c2ccc3c(c2)N(C[C@@H]2CC[C@H]21)C[C@@]1(CCCc2cc(Cl)ccc21)CO3. The summed E-state index contributed by atoms with van der Waals surface area (Å²) in [4.78, 5) is 32.1. The van der Waals surface area contributed by atoms with Gasteiger partial charge in [0.05, 0.1) is 24.8 Å². The van der Waals surface area contributed by atoms with E-state index in [-0.39, 0.29) is 23.1 Å². The second-order valence-electron chi connectivity index (χ2n) is 15.3. The van der Waals surface area contributed by atoms with Crippen LogP contribution in [-0.2, 0) is 42.0 Å². The van der Waals surface area contributed by atoms with Gasteiger partial charge in [-0.3, -0.25) is 9.59 Å². The van der Waals surface area contributed by atoms with E-state index in [1.54, 1.807) is 30.2 Å². The number of carbonyl (C=O) groups excluding carboxylic acids is 2. The zero-order valence-electron chi connectivity index (χ0n) is 29.6. The van der Waals surface area contributed by atoms with Crippen molar-refractivity contribution in [2.45, 2.75) is 80.9 Å².